The lowest BCUT2D eigenvalue weighted by atomic mass is 9.64. The zero-order valence-corrected chi connectivity index (χ0v) is 12.7. The molecule has 0 aliphatic heterocycles. The predicted octanol–water partition coefficient (Wildman–Crippen LogP) is 4.27. The molecule has 4 heteroatoms. The number of nitrogens with zero attached hydrogens (tertiary/aromatic N) is 1. The Kier molecular flexibility index (Phi) is 3.87. The van der Waals surface area contributed by atoms with Crippen molar-refractivity contribution in [2.75, 3.05) is 5.32 Å². The van der Waals surface area contributed by atoms with Crippen LogP contribution in [0.5, 0.6) is 0 Å². The van der Waals surface area contributed by atoms with Crippen LogP contribution in [0.3, 0.4) is 0 Å². The summed E-state index contributed by atoms with van der Waals surface area (Å²) < 4.78 is 0. The molecule has 1 fully saturated rings. The summed E-state index contributed by atoms with van der Waals surface area (Å²) in [5.74, 6) is 0.00535. The van der Waals surface area contributed by atoms with Crippen molar-refractivity contribution in [3.63, 3.8) is 0 Å². The second kappa shape index (κ2) is 5.82. The molecule has 2 aromatic carbocycles. The van der Waals surface area contributed by atoms with Gasteiger partial charge in [-0.05, 0) is 54.8 Å². The minimum Gasteiger partial charge on any atom is -0.325 e. The van der Waals surface area contributed by atoms with Gasteiger partial charge in [-0.3, -0.25) is 4.79 Å². The number of carbonyl (C=O) groups excluding carboxylic acids is 1. The highest BCUT2D eigenvalue weighted by Gasteiger charge is 2.45. The number of carbonyl (C=O) groups is 1. The summed E-state index contributed by atoms with van der Waals surface area (Å²) in [6.07, 6.45) is 2.73. The second-order valence-electron chi connectivity index (χ2n) is 5.59. The van der Waals surface area contributed by atoms with Crippen LogP contribution in [0.4, 0.5) is 5.69 Å². The van der Waals surface area contributed by atoms with Gasteiger partial charge in [0.1, 0.15) is 0 Å². The summed E-state index contributed by atoms with van der Waals surface area (Å²) in [6, 6.07) is 16.5. The molecule has 110 valence electrons. The number of hydrogen-bond donors (Lipinski definition) is 1. The number of hydrogen-bond acceptors (Lipinski definition) is 2. The minimum atomic E-state index is -0.460. The molecule has 0 bridgehead atoms. The fraction of sp³-hybridized carbons (Fsp3) is 0.222. The Bertz CT molecular complexity index is 725. The van der Waals surface area contributed by atoms with E-state index in [0.717, 1.165) is 24.8 Å². The van der Waals surface area contributed by atoms with Crippen molar-refractivity contribution in [1.29, 1.82) is 5.26 Å². The van der Waals surface area contributed by atoms with Crippen molar-refractivity contribution >= 4 is 23.2 Å². The summed E-state index contributed by atoms with van der Waals surface area (Å²) in [5, 5.41) is 12.4. The SMILES string of the molecule is N#Cc1ccc(NC(=O)C2(c3ccc(Cl)cc3)CCC2)cc1. The normalized spacial score (nSPS) is 15.5. The van der Waals surface area contributed by atoms with Gasteiger partial charge < -0.3 is 5.32 Å². The van der Waals surface area contributed by atoms with Crippen LogP contribution in [-0.4, -0.2) is 5.91 Å². The maximum Gasteiger partial charge on any atom is 0.235 e. The van der Waals surface area contributed by atoms with E-state index in [1.165, 1.54) is 0 Å². The highest BCUT2D eigenvalue weighted by Crippen LogP contribution is 2.44. The van der Waals surface area contributed by atoms with E-state index >= 15 is 0 Å². The molecule has 3 nitrogen and oxygen atoms in total. The van der Waals surface area contributed by atoms with Crippen molar-refractivity contribution in [1.82, 2.24) is 0 Å². The highest BCUT2D eigenvalue weighted by atomic mass is 35.5. The summed E-state index contributed by atoms with van der Waals surface area (Å²) in [6.45, 7) is 0. The van der Waals surface area contributed by atoms with Crippen LogP contribution in [-0.2, 0) is 10.2 Å². The maximum absolute atomic E-state index is 12.7. The van der Waals surface area contributed by atoms with Gasteiger partial charge in [0.25, 0.3) is 0 Å². The molecular formula is C18H15ClN2O. The van der Waals surface area contributed by atoms with E-state index in [0.29, 0.717) is 16.3 Å². The number of nitriles is 1. The summed E-state index contributed by atoms with van der Waals surface area (Å²) in [7, 11) is 0. The Balaban J connectivity index is 1.82. The van der Waals surface area contributed by atoms with E-state index < -0.39 is 5.41 Å². The molecule has 0 spiro atoms. The average Bonchev–Trinajstić information content (AvgIpc) is 2.49. The summed E-state index contributed by atoms with van der Waals surface area (Å²) in [4.78, 5) is 12.7. The fourth-order valence-corrected chi connectivity index (χ4v) is 2.95. The first-order valence-electron chi connectivity index (χ1n) is 7.22. The summed E-state index contributed by atoms with van der Waals surface area (Å²) in [5.41, 5.74) is 1.84. The third-order valence-electron chi connectivity index (χ3n) is 4.31. The lowest BCUT2D eigenvalue weighted by molar-refractivity contribution is -0.124. The topological polar surface area (TPSA) is 52.9 Å². The van der Waals surface area contributed by atoms with Crippen molar-refractivity contribution in [3.8, 4) is 6.07 Å². The van der Waals surface area contributed by atoms with Crippen molar-refractivity contribution in [2.45, 2.75) is 24.7 Å². The number of halogens is 1. The van der Waals surface area contributed by atoms with E-state index in [1.54, 1.807) is 24.3 Å². The Morgan fingerprint density at radius 2 is 1.73 bits per heavy atom. The van der Waals surface area contributed by atoms with Crippen LogP contribution < -0.4 is 5.32 Å². The molecule has 3 rings (SSSR count). The zero-order valence-electron chi connectivity index (χ0n) is 12.0. The maximum atomic E-state index is 12.7. The predicted molar refractivity (Wildman–Crippen MR) is 86.8 cm³/mol. The van der Waals surface area contributed by atoms with Gasteiger partial charge in [0.2, 0.25) is 5.91 Å². The van der Waals surface area contributed by atoms with Gasteiger partial charge in [-0.15, -0.1) is 0 Å². The molecule has 1 N–H and O–H groups in total. The number of amides is 1. The van der Waals surface area contributed by atoms with Crippen molar-refractivity contribution < 1.29 is 4.79 Å². The molecule has 2 aromatic rings. The largest absolute Gasteiger partial charge is 0.325 e. The number of nitrogens with one attached hydrogen (secondary N) is 1. The van der Waals surface area contributed by atoms with Crippen molar-refractivity contribution in [3.05, 3.63) is 64.7 Å². The lowest BCUT2D eigenvalue weighted by Gasteiger charge is -2.40. The molecule has 0 unspecified atom stereocenters. The Morgan fingerprint density at radius 3 is 2.23 bits per heavy atom. The lowest BCUT2D eigenvalue weighted by Crippen LogP contribution is -2.45. The molecule has 0 aromatic heterocycles. The molecule has 0 heterocycles. The first-order valence-corrected chi connectivity index (χ1v) is 7.59. The van der Waals surface area contributed by atoms with Gasteiger partial charge >= 0.3 is 0 Å². The van der Waals surface area contributed by atoms with E-state index in [9.17, 15) is 4.79 Å². The van der Waals surface area contributed by atoms with Gasteiger partial charge in [-0.1, -0.05) is 30.2 Å². The molecule has 1 saturated carbocycles. The second-order valence-corrected chi connectivity index (χ2v) is 6.02. The fourth-order valence-electron chi connectivity index (χ4n) is 2.82. The number of rotatable bonds is 3. The van der Waals surface area contributed by atoms with E-state index in [1.807, 2.05) is 24.3 Å². The Morgan fingerprint density at radius 1 is 1.09 bits per heavy atom. The van der Waals surface area contributed by atoms with Crippen LogP contribution in [0.1, 0.15) is 30.4 Å². The van der Waals surface area contributed by atoms with Crippen LogP contribution in [0.25, 0.3) is 0 Å². The van der Waals surface area contributed by atoms with Gasteiger partial charge in [0, 0.05) is 10.7 Å². The highest BCUT2D eigenvalue weighted by molar-refractivity contribution is 6.30. The summed E-state index contributed by atoms with van der Waals surface area (Å²) >= 11 is 5.93. The molecule has 0 radical (unpaired) electrons. The average molecular weight is 311 g/mol. The molecule has 22 heavy (non-hydrogen) atoms. The smallest absolute Gasteiger partial charge is 0.235 e. The quantitative estimate of drug-likeness (QED) is 0.920. The van der Waals surface area contributed by atoms with Crippen LogP contribution in [0, 0.1) is 11.3 Å². The van der Waals surface area contributed by atoms with E-state index in [4.69, 9.17) is 16.9 Å². The van der Waals surface area contributed by atoms with Crippen LogP contribution >= 0.6 is 11.6 Å². The van der Waals surface area contributed by atoms with E-state index in [2.05, 4.69) is 11.4 Å². The first-order chi connectivity index (χ1) is 10.6. The van der Waals surface area contributed by atoms with Gasteiger partial charge in [0.15, 0.2) is 0 Å². The van der Waals surface area contributed by atoms with Crippen LogP contribution in [0.2, 0.25) is 5.02 Å². The third kappa shape index (κ3) is 2.58. The zero-order chi connectivity index (χ0) is 15.6. The Labute approximate surface area is 134 Å². The van der Waals surface area contributed by atoms with Gasteiger partial charge in [-0.25, -0.2) is 0 Å². The number of benzene rings is 2. The molecule has 1 amide bonds. The first kappa shape index (κ1) is 14.6. The monoisotopic (exact) mass is 310 g/mol. The molecular weight excluding hydrogens is 296 g/mol. The van der Waals surface area contributed by atoms with E-state index in [-0.39, 0.29) is 5.91 Å². The minimum absolute atomic E-state index is 0.00535. The third-order valence-corrected chi connectivity index (χ3v) is 4.56. The number of anilines is 1. The van der Waals surface area contributed by atoms with Gasteiger partial charge in [0.05, 0.1) is 17.0 Å². The molecule has 0 saturated heterocycles. The standard InChI is InChI=1S/C18H15ClN2O/c19-15-6-4-14(5-7-15)18(10-1-11-18)17(22)21-16-8-2-13(12-20)3-9-16/h2-9H,1,10-11H2,(H,21,22). The Hall–Kier alpha value is -2.31. The van der Waals surface area contributed by atoms with Crippen LogP contribution in [0.15, 0.2) is 48.5 Å². The van der Waals surface area contributed by atoms with Gasteiger partial charge in [-0.2, -0.15) is 5.26 Å². The molecule has 0 atom stereocenters. The van der Waals surface area contributed by atoms with Crippen molar-refractivity contribution in [2.24, 2.45) is 0 Å². The molecule has 1 aliphatic carbocycles. The molecule has 1 aliphatic rings.